The first-order valence-electron chi connectivity index (χ1n) is 5.71. The maximum absolute atomic E-state index is 13.3. The van der Waals surface area contributed by atoms with E-state index in [1.807, 2.05) is 32.0 Å². The molecular formula is C14H16FNO. The molecule has 3 heteroatoms. The van der Waals surface area contributed by atoms with E-state index in [2.05, 4.69) is 0 Å². The van der Waals surface area contributed by atoms with Crippen molar-refractivity contribution >= 4 is 0 Å². The predicted molar refractivity (Wildman–Crippen MR) is 65.3 cm³/mol. The highest BCUT2D eigenvalue weighted by molar-refractivity contribution is 5.31. The van der Waals surface area contributed by atoms with Gasteiger partial charge in [-0.05, 0) is 42.3 Å². The van der Waals surface area contributed by atoms with Crippen molar-refractivity contribution in [3.05, 3.63) is 58.8 Å². The second-order valence-corrected chi connectivity index (χ2v) is 4.20. The van der Waals surface area contributed by atoms with Gasteiger partial charge in [0.1, 0.15) is 17.3 Å². The van der Waals surface area contributed by atoms with Crippen LogP contribution in [0.5, 0.6) is 0 Å². The van der Waals surface area contributed by atoms with Gasteiger partial charge in [0.05, 0.1) is 6.04 Å². The first-order valence-corrected chi connectivity index (χ1v) is 5.71. The number of hydrogen-bond donors (Lipinski definition) is 1. The van der Waals surface area contributed by atoms with Gasteiger partial charge in [0.2, 0.25) is 0 Å². The smallest absolute Gasteiger partial charge is 0.125 e. The molecule has 1 unspecified atom stereocenters. The van der Waals surface area contributed by atoms with Gasteiger partial charge in [-0.25, -0.2) is 4.39 Å². The van der Waals surface area contributed by atoms with Crippen LogP contribution < -0.4 is 5.73 Å². The average Bonchev–Trinajstić information content (AvgIpc) is 2.75. The molecule has 0 aliphatic heterocycles. The second-order valence-electron chi connectivity index (χ2n) is 4.20. The van der Waals surface area contributed by atoms with Crippen LogP contribution in [0.3, 0.4) is 0 Å². The lowest BCUT2D eigenvalue weighted by Gasteiger charge is -2.10. The van der Waals surface area contributed by atoms with Gasteiger partial charge in [-0.3, -0.25) is 0 Å². The summed E-state index contributed by atoms with van der Waals surface area (Å²) in [6.45, 7) is 3.86. The quantitative estimate of drug-likeness (QED) is 0.883. The Hall–Kier alpha value is -1.61. The number of benzene rings is 1. The molecule has 17 heavy (non-hydrogen) atoms. The second kappa shape index (κ2) is 4.72. The Morgan fingerprint density at radius 2 is 2.06 bits per heavy atom. The molecule has 2 rings (SSSR count). The maximum Gasteiger partial charge on any atom is 0.125 e. The monoisotopic (exact) mass is 233 g/mol. The molecule has 2 nitrogen and oxygen atoms in total. The van der Waals surface area contributed by atoms with Crippen molar-refractivity contribution in [1.29, 1.82) is 0 Å². The Labute approximate surface area is 100 Å². The van der Waals surface area contributed by atoms with Crippen LogP contribution in [-0.2, 0) is 6.42 Å². The summed E-state index contributed by atoms with van der Waals surface area (Å²) in [4.78, 5) is 0. The summed E-state index contributed by atoms with van der Waals surface area (Å²) in [7, 11) is 0. The lowest BCUT2D eigenvalue weighted by Crippen LogP contribution is -2.11. The van der Waals surface area contributed by atoms with E-state index in [4.69, 9.17) is 10.2 Å². The fraction of sp³-hybridized carbons (Fsp3) is 0.286. The minimum absolute atomic E-state index is 0.266. The molecule has 0 saturated heterocycles. The van der Waals surface area contributed by atoms with Gasteiger partial charge in [-0.1, -0.05) is 13.0 Å². The van der Waals surface area contributed by atoms with Crippen LogP contribution in [0, 0.1) is 12.7 Å². The summed E-state index contributed by atoms with van der Waals surface area (Å²) in [6.07, 6.45) is 0.828. The van der Waals surface area contributed by atoms with Crippen LogP contribution in [0.15, 0.2) is 34.7 Å². The van der Waals surface area contributed by atoms with E-state index in [1.165, 1.54) is 12.1 Å². The SMILES string of the molecule is CCc1ccc(C(N)c2cc(C)cc(F)c2)o1. The maximum atomic E-state index is 13.3. The molecule has 2 N–H and O–H groups in total. The first kappa shape index (κ1) is 11.9. The summed E-state index contributed by atoms with van der Waals surface area (Å²) in [5, 5.41) is 0. The summed E-state index contributed by atoms with van der Waals surface area (Å²) in [5.74, 6) is 1.30. The van der Waals surface area contributed by atoms with Crippen LogP contribution in [-0.4, -0.2) is 0 Å². The van der Waals surface area contributed by atoms with E-state index >= 15 is 0 Å². The summed E-state index contributed by atoms with van der Waals surface area (Å²) >= 11 is 0. The molecule has 0 aliphatic rings. The molecule has 2 aromatic rings. The van der Waals surface area contributed by atoms with Crippen LogP contribution in [0.1, 0.15) is 35.6 Å². The van der Waals surface area contributed by atoms with Crippen molar-refractivity contribution in [2.24, 2.45) is 5.73 Å². The average molecular weight is 233 g/mol. The van der Waals surface area contributed by atoms with Gasteiger partial charge in [0.15, 0.2) is 0 Å². The van der Waals surface area contributed by atoms with Crippen LogP contribution >= 0.6 is 0 Å². The molecule has 1 atom stereocenters. The Bertz CT molecular complexity index is 498. The topological polar surface area (TPSA) is 39.2 Å². The van der Waals surface area contributed by atoms with Gasteiger partial charge >= 0.3 is 0 Å². The fourth-order valence-electron chi connectivity index (χ4n) is 1.86. The molecule has 0 spiro atoms. The van der Waals surface area contributed by atoms with E-state index in [9.17, 15) is 4.39 Å². The molecule has 1 heterocycles. The number of aryl methyl sites for hydroxylation is 2. The minimum atomic E-state index is -0.412. The predicted octanol–water partition coefficient (Wildman–Crippen LogP) is 3.34. The van der Waals surface area contributed by atoms with Crippen LogP contribution in [0.2, 0.25) is 0 Å². The number of hydrogen-bond acceptors (Lipinski definition) is 2. The molecule has 0 aliphatic carbocycles. The zero-order valence-electron chi connectivity index (χ0n) is 10.0. The van der Waals surface area contributed by atoms with Crippen molar-refractivity contribution < 1.29 is 8.81 Å². The van der Waals surface area contributed by atoms with Gasteiger partial charge in [0, 0.05) is 6.42 Å². The molecular weight excluding hydrogens is 217 g/mol. The van der Waals surface area contributed by atoms with Gasteiger partial charge in [-0.2, -0.15) is 0 Å². The molecule has 1 aromatic carbocycles. The fourth-order valence-corrected chi connectivity index (χ4v) is 1.86. The van der Waals surface area contributed by atoms with Crippen molar-refractivity contribution in [2.75, 3.05) is 0 Å². The Kier molecular flexibility index (Phi) is 3.29. The molecule has 0 amide bonds. The van der Waals surface area contributed by atoms with Gasteiger partial charge in [-0.15, -0.1) is 0 Å². The molecule has 90 valence electrons. The van der Waals surface area contributed by atoms with Gasteiger partial charge in [0.25, 0.3) is 0 Å². The number of furan rings is 1. The number of nitrogens with two attached hydrogens (primary N) is 1. The van der Waals surface area contributed by atoms with Crippen molar-refractivity contribution in [3.63, 3.8) is 0 Å². The number of halogens is 1. The highest BCUT2D eigenvalue weighted by Crippen LogP contribution is 2.23. The highest BCUT2D eigenvalue weighted by Gasteiger charge is 2.14. The van der Waals surface area contributed by atoms with E-state index in [1.54, 1.807) is 0 Å². The third-order valence-corrected chi connectivity index (χ3v) is 2.76. The zero-order valence-corrected chi connectivity index (χ0v) is 10.0. The minimum Gasteiger partial charge on any atom is -0.464 e. The molecule has 1 aromatic heterocycles. The Balaban J connectivity index is 2.32. The zero-order chi connectivity index (χ0) is 12.4. The Morgan fingerprint density at radius 1 is 1.29 bits per heavy atom. The molecule has 0 fully saturated rings. The van der Waals surface area contributed by atoms with E-state index in [0.717, 1.165) is 23.3 Å². The lowest BCUT2D eigenvalue weighted by atomic mass is 10.0. The van der Waals surface area contributed by atoms with Crippen molar-refractivity contribution in [3.8, 4) is 0 Å². The standard InChI is InChI=1S/C14H16FNO/c1-3-12-4-5-13(17-12)14(16)10-6-9(2)7-11(15)8-10/h4-8,14H,3,16H2,1-2H3. The van der Waals surface area contributed by atoms with Gasteiger partial charge < -0.3 is 10.2 Å². The van der Waals surface area contributed by atoms with Crippen LogP contribution in [0.25, 0.3) is 0 Å². The third kappa shape index (κ3) is 2.56. The lowest BCUT2D eigenvalue weighted by molar-refractivity contribution is 0.453. The number of rotatable bonds is 3. The highest BCUT2D eigenvalue weighted by atomic mass is 19.1. The normalized spacial score (nSPS) is 12.7. The molecule has 0 radical (unpaired) electrons. The summed E-state index contributed by atoms with van der Waals surface area (Å²) in [5.41, 5.74) is 7.66. The first-order chi connectivity index (χ1) is 8.10. The van der Waals surface area contributed by atoms with E-state index < -0.39 is 6.04 Å². The van der Waals surface area contributed by atoms with Crippen molar-refractivity contribution in [1.82, 2.24) is 0 Å². The Morgan fingerprint density at radius 3 is 2.65 bits per heavy atom. The molecule has 0 bridgehead atoms. The largest absolute Gasteiger partial charge is 0.464 e. The van der Waals surface area contributed by atoms with Crippen molar-refractivity contribution in [2.45, 2.75) is 26.3 Å². The van der Waals surface area contributed by atoms with E-state index in [-0.39, 0.29) is 5.82 Å². The summed E-state index contributed by atoms with van der Waals surface area (Å²) in [6, 6.07) is 8.15. The van der Waals surface area contributed by atoms with Crippen LogP contribution in [0.4, 0.5) is 4.39 Å². The third-order valence-electron chi connectivity index (χ3n) is 2.76. The molecule has 0 saturated carbocycles. The van der Waals surface area contributed by atoms with E-state index in [0.29, 0.717) is 5.76 Å². The summed E-state index contributed by atoms with van der Waals surface area (Å²) < 4.78 is 18.9.